The zero-order valence-corrected chi connectivity index (χ0v) is 8.73. The van der Waals surface area contributed by atoms with Crippen LogP contribution in [0.1, 0.15) is 0 Å². The van der Waals surface area contributed by atoms with E-state index in [0.717, 1.165) is 0 Å². The molecule has 0 aliphatic heterocycles. The molecule has 0 atom stereocenters. The van der Waals surface area contributed by atoms with E-state index in [4.69, 9.17) is 10.9 Å². The summed E-state index contributed by atoms with van der Waals surface area (Å²) >= 11 is 4.59. The van der Waals surface area contributed by atoms with Gasteiger partial charge in [-0.05, 0) is 24.4 Å². The molecular weight excluding hydrogens is 222 g/mol. The summed E-state index contributed by atoms with van der Waals surface area (Å²) in [6.45, 7) is 0. The molecule has 0 fully saturated rings. The number of primary sulfonamides is 1. The van der Waals surface area contributed by atoms with Crippen molar-refractivity contribution in [1.29, 1.82) is 0 Å². The first-order chi connectivity index (χ1) is 6.41. The van der Waals surface area contributed by atoms with Crippen molar-refractivity contribution in [2.24, 2.45) is 10.9 Å². The normalized spacial score (nSPS) is 10.9. The lowest BCUT2D eigenvalue weighted by atomic mass is 10.3. The largest absolute Gasteiger partial charge is 0.376 e. The topological polar surface area (TPSA) is 98.2 Å². The summed E-state index contributed by atoms with van der Waals surface area (Å²) < 4.78 is 22.2. The maximum absolute atomic E-state index is 11.1. The van der Waals surface area contributed by atoms with Crippen LogP contribution in [-0.2, 0) is 10.0 Å². The second kappa shape index (κ2) is 3.91. The highest BCUT2D eigenvalue weighted by atomic mass is 32.2. The van der Waals surface area contributed by atoms with Crippen molar-refractivity contribution in [3.63, 3.8) is 0 Å². The molecule has 0 bridgehead atoms. The van der Waals surface area contributed by atoms with Gasteiger partial charge in [0.25, 0.3) is 0 Å². The summed E-state index contributed by atoms with van der Waals surface area (Å²) in [6.07, 6.45) is 0. The monoisotopic (exact) mass is 231 g/mol. The maximum Gasteiger partial charge on any atom is 0.240 e. The van der Waals surface area contributed by atoms with Gasteiger partial charge in [-0.25, -0.2) is 13.6 Å². The van der Waals surface area contributed by atoms with Crippen LogP contribution in [0.15, 0.2) is 29.2 Å². The van der Waals surface area contributed by atoms with Gasteiger partial charge in [0.05, 0.1) is 5.69 Å². The van der Waals surface area contributed by atoms with Crippen LogP contribution in [0.3, 0.4) is 0 Å². The first kappa shape index (κ1) is 10.9. The highest BCUT2D eigenvalue weighted by molar-refractivity contribution is 7.89. The fourth-order valence-corrected chi connectivity index (χ4v) is 1.75. The average molecular weight is 231 g/mol. The SMILES string of the molecule is NC(=S)Nc1ccccc1S(N)(=O)=O. The van der Waals surface area contributed by atoms with Crippen molar-refractivity contribution in [2.45, 2.75) is 4.90 Å². The van der Waals surface area contributed by atoms with Gasteiger partial charge in [-0.2, -0.15) is 0 Å². The fraction of sp³-hybridized carbons (Fsp3) is 0. The quantitative estimate of drug-likeness (QED) is 0.622. The van der Waals surface area contributed by atoms with Crippen molar-refractivity contribution in [2.75, 3.05) is 5.32 Å². The number of nitrogens with one attached hydrogen (secondary N) is 1. The molecule has 1 aromatic carbocycles. The second-order valence-electron chi connectivity index (χ2n) is 2.53. The molecule has 1 aromatic rings. The first-order valence-electron chi connectivity index (χ1n) is 3.59. The van der Waals surface area contributed by atoms with E-state index >= 15 is 0 Å². The third-order valence-electron chi connectivity index (χ3n) is 1.45. The number of anilines is 1. The summed E-state index contributed by atoms with van der Waals surface area (Å²) in [4.78, 5) is -0.0344. The van der Waals surface area contributed by atoms with Gasteiger partial charge in [-0.3, -0.25) is 0 Å². The Balaban J connectivity index is 3.23. The minimum Gasteiger partial charge on any atom is -0.376 e. The Morgan fingerprint density at radius 3 is 2.43 bits per heavy atom. The van der Waals surface area contributed by atoms with Gasteiger partial charge in [-0.15, -0.1) is 0 Å². The number of thiocarbonyl (C=S) groups is 1. The highest BCUT2D eigenvalue weighted by Crippen LogP contribution is 2.18. The smallest absolute Gasteiger partial charge is 0.240 e. The van der Waals surface area contributed by atoms with Crippen molar-refractivity contribution >= 4 is 33.0 Å². The molecule has 0 saturated carbocycles. The zero-order valence-electron chi connectivity index (χ0n) is 7.10. The predicted octanol–water partition coefficient (Wildman–Crippen LogP) is -0.0105. The van der Waals surface area contributed by atoms with Crippen LogP contribution in [0.2, 0.25) is 0 Å². The van der Waals surface area contributed by atoms with E-state index in [1.807, 2.05) is 0 Å². The Labute approximate surface area is 87.1 Å². The molecule has 14 heavy (non-hydrogen) atoms. The molecule has 0 amide bonds. The molecule has 1 rings (SSSR count). The van der Waals surface area contributed by atoms with Crippen LogP contribution in [0, 0.1) is 0 Å². The molecule has 0 heterocycles. The van der Waals surface area contributed by atoms with Crippen molar-refractivity contribution in [1.82, 2.24) is 0 Å². The van der Waals surface area contributed by atoms with Crippen molar-refractivity contribution < 1.29 is 8.42 Å². The molecule has 0 aliphatic rings. The van der Waals surface area contributed by atoms with Crippen molar-refractivity contribution in [3.8, 4) is 0 Å². The highest BCUT2D eigenvalue weighted by Gasteiger charge is 2.12. The minimum atomic E-state index is -3.76. The molecule has 0 radical (unpaired) electrons. The van der Waals surface area contributed by atoms with Crippen LogP contribution in [-0.4, -0.2) is 13.5 Å². The Morgan fingerprint density at radius 2 is 1.93 bits per heavy atom. The summed E-state index contributed by atoms with van der Waals surface area (Å²) in [5.41, 5.74) is 5.50. The Hall–Kier alpha value is -1.18. The van der Waals surface area contributed by atoms with Gasteiger partial charge in [0.2, 0.25) is 10.0 Å². The summed E-state index contributed by atoms with van der Waals surface area (Å²) in [7, 11) is -3.76. The average Bonchev–Trinajstić information content (AvgIpc) is 2.01. The number of rotatable bonds is 2. The van der Waals surface area contributed by atoms with Gasteiger partial charge < -0.3 is 11.1 Å². The number of hydrogen-bond acceptors (Lipinski definition) is 3. The molecule has 0 saturated heterocycles. The van der Waals surface area contributed by atoms with E-state index in [0.29, 0.717) is 0 Å². The maximum atomic E-state index is 11.1. The number of hydrogen-bond donors (Lipinski definition) is 3. The molecule has 5 nitrogen and oxygen atoms in total. The molecule has 7 heteroatoms. The number of para-hydroxylation sites is 1. The Bertz CT molecular complexity index is 456. The third kappa shape index (κ3) is 2.66. The van der Waals surface area contributed by atoms with Crippen molar-refractivity contribution in [3.05, 3.63) is 24.3 Å². The predicted molar refractivity (Wildman–Crippen MR) is 58.2 cm³/mol. The number of nitrogens with two attached hydrogens (primary N) is 2. The fourth-order valence-electron chi connectivity index (χ4n) is 0.951. The third-order valence-corrected chi connectivity index (χ3v) is 2.52. The Kier molecular flexibility index (Phi) is 3.04. The molecule has 0 aliphatic carbocycles. The summed E-state index contributed by atoms with van der Waals surface area (Å²) in [6, 6.07) is 6.11. The van der Waals surface area contributed by atoms with E-state index < -0.39 is 10.0 Å². The lowest BCUT2D eigenvalue weighted by molar-refractivity contribution is 0.598. The van der Waals surface area contributed by atoms with Crippen LogP contribution in [0.4, 0.5) is 5.69 Å². The molecule has 0 aromatic heterocycles. The van der Waals surface area contributed by atoms with Gasteiger partial charge in [0.15, 0.2) is 5.11 Å². The standard InChI is InChI=1S/C7H9N3O2S2/c8-7(13)10-5-3-1-2-4-6(5)14(9,11)12/h1-4H,(H3,8,10,13)(H2,9,11,12). The van der Waals surface area contributed by atoms with E-state index in [2.05, 4.69) is 17.5 Å². The molecular formula is C7H9N3O2S2. The van der Waals surface area contributed by atoms with Crippen LogP contribution in [0.25, 0.3) is 0 Å². The van der Waals surface area contributed by atoms with Gasteiger partial charge in [0, 0.05) is 0 Å². The molecule has 5 N–H and O–H groups in total. The second-order valence-corrected chi connectivity index (χ2v) is 4.50. The molecule has 0 spiro atoms. The van der Waals surface area contributed by atoms with Gasteiger partial charge in [0.1, 0.15) is 4.90 Å². The lowest BCUT2D eigenvalue weighted by Crippen LogP contribution is -2.22. The zero-order chi connectivity index (χ0) is 10.8. The Morgan fingerprint density at radius 1 is 1.36 bits per heavy atom. The number of benzene rings is 1. The first-order valence-corrected chi connectivity index (χ1v) is 5.55. The van der Waals surface area contributed by atoms with E-state index in [1.165, 1.54) is 12.1 Å². The molecule has 76 valence electrons. The summed E-state index contributed by atoms with van der Waals surface area (Å²) in [5, 5.41) is 7.50. The van der Waals surface area contributed by atoms with E-state index in [9.17, 15) is 8.42 Å². The van der Waals surface area contributed by atoms with E-state index in [1.54, 1.807) is 12.1 Å². The van der Waals surface area contributed by atoms with E-state index in [-0.39, 0.29) is 15.7 Å². The molecule has 0 unspecified atom stereocenters. The van der Waals surface area contributed by atoms with Gasteiger partial charge >= 0.3 is 0 Å². The van der Waals surface area contributed by atoms with Crippen LogP contribution >= 0.6 is 12.2 Å². The lowest BCUT2D eigenvalue weighted by Gasteiger charge is -2.07. The summed E-state index contributed by atoms with van der Waals surface area (Å²) in [5.74, 6) is 0. The van der Waals surface area contributed by atoms with Gasteiger partial charge in [-0.1, -0.05) is 12.1 Å². The number of sulfonamides is 1. The van der Waals surface area contributed by atoms with Crippen LogP contribution < -0.4 is 16.2 Å². The minimum absolute atomic E-state index is 0.0129. The van der Waals surface area contributed by atoms with Crippen LogP contribution in [0.5, 0.6) is 0 Å².